The van der Waals surface area contributed by atoms with Crippen molar-refractivity contribution in [2.75, 3.05) is 19.4 Å². The van der Waals surface area contributed by atoms with Crippen molar-refractivity contribution in [3.63, 3.8) is 0 Å². The second-order valence-corrected chi connectivity index (χ2v) is 4.36. The van der Waals surface area contributed by atoms with Crippen LogP contribution in [0.3, 0.4) is 0 Å². The Labute approximate surface area is 116 Å². The molecule has 0 aliphatic rings. The molecule has 1 N–H and O–H groups in total. The summed E-state index contributed by atoms with van der Waals surface area (Å²) in [5, 5.41) is 15.9. The van der Waals surface area contributed by atoms with Crippen LogP contribution in [-0.2, 0) is 11.3 Å². The molecule has 0 saturated heterocycles. The summed E-state index contributed by atoms with van der Waals surface area (Å²) in [5.41, 5.74) is 1.05. The quantitative estimate of drug-likeness (QED) is 0.895. The number of carbonyl (C=O) groups excluding carboxylic acids is 1. The zero-order valence-corrected chi connectivity index (χ0v) is 11.2. The monoisotopic (exact) mass is 270 g/mol. The number of amides is 1. The average molecular weight is 270 g/mol. The van der Waals surface area contributed by atoms with Crippen molar-refractivity contribution in [1.29, 1.82) is 5.26 Å². The smallest absolute Gasteiger partial charge is 0.243 e. The molecule has 7 nitrogen and oxygen atoms in total. The summed E-state index contributed by atoms with van der Waals surface area (Å²) < 4.78 is 1.54. The summed E-state index contributed by atoms with van der Waals surface area (Å²) in [6.45, 7) is 0.181. The molecule has 1 amide bonds. The molecule has 0 saturated carbocycles. The Morgan fingerprint density at radius 2 is 2.30 bits per heavy atom. The molecule has 0 radical (unpaired) electrons. The zero-order chi connectivity index (χ0) is 14.5. The van der Waals surface area contributed by atoms with Crippen molar-refractivity contribution in [1.82, 2.24) is 19.7 Å². The van der Waals surface area contributed by atoms with Crippen LogP contribution in [0.2, 0.25) is 0 Å². The normalized spacial score (nSPS) is 9.85. The fourth-order valence-corrected chi connectivity index (χ4v) is 1.51. The summed E-state index contributed by atoms with van der Waals surface area (Å²) in [7, 11) is 3.39. The van der Waals surface area contributed by atoms with Crippen LogP contribution in [0.1, 0.15) is 5.69 Å². The maximum absolute atomic E-state index is 11.6. The Morgan fingerprint density at radius 3 is 3.00 bits per heavy atom. The topological polar surface area (TPSA) is 86.8 Å². The van der Waals surface area contributed by atoms with Crippen LogP contribution >= 0.6 is 0 Å². The van der Waals surface area contributed by atoms with Crippen LogP contribution in [-0.4, -0.2) is 39.7 Å². The van der Waals surface area contributed by atoms with E-state index in [1.807, 2.05) is 6.07 Å². The maximum Gasteiger partial charge on any atom is 0.243 e. The first-order chi connectivity index (χ1) is 9.58. The van der Waals surface area contributed by atoms with Gasteiger partial charge in [-0.25, -0.2) is 4.98 Å². The van der Waals surface area contributed by atoms with E-state index in [0.29, 0.717) is 17.2 Å². The number of nitrogens with zero attached hydrogens (tertiary/aromatic N) is 5. The van der Waals surface area contributed by atoms with Crippen molar-refractivity contribution in [2.24, 2.45) is 0 Å². The third kappa shape index (κ3) is 3.32. The van der Waals surface area contributed by atoms with Gasteiger partial charge in [-0.2, -0.15) is 10.4 Å². The maximum atomic E-state index is 11.6. The van der Waals surface area contributed by atoms with Gasteiger partial charge in [-0.15, -0.1) is 0 Å². The van der Waals surface area contributed by atoms with Crippen LogP contribution in [0.5, 0.6) is 0 Å². The number of aromatic nitrogens is 3. The summed E-state index contributed by atoms with van der Waals surface area (Å²) in [6.07, 6.45) is 3.31. The van der Waals surface area contributed by atoms with E-state index in [-0.39, 0.29) is 12.5 Å². The SMILES string of the molecule is CN(C)C(=O)Cn1cc(Nc2cccc(C#N)n2)cn1. The Bertz CT molecular complexity index is 655. The predicted molar refractivity (Wildman–Crippen MR) is 73.2 cm³/mol. The Kier molecular flexibility index (Phi) is 3.96. The molecule has 2 rings (SSSR count). The number of nitrogens with one attached hydrogen (secondary N) is 1. The summed E-state index contributed by atoms with van der Waals surface area (Å²) in [5.74, 6) is 0.520. The number of rotatable bonds is 4. The van der Waals surface area contributed by atoms with Crippen molar-refractivity contribution >= 4 is 17.4 Å². The van der Waals surface area contributed by atoms with Gasteiger partial charge in [0, 0.05) is 20.3 Å². The first kappa shape index (κ1) is 13.5. The van der Waals surface area contributed by atoms with E-state index in [1.165, 1.54) is 4.90 Å². The highest BCUT2D eigenvalue weighted by atomic mass is 16.2. The Morgan fingerprint density at radius 1 is 1.50 bits per heavy atom. The van der Waals surface area contributed by atoms with Gasteiger partial charge in [0.15, 0.2) is 0 Å². The summed E-state index contributed by atoms with van der Waals surface area (Å²) >= 11 is 0. The number of nitriles is 1. The molecule has 0 bridgehead atoms. The number of hydrogen-bond donors (Lipinski definition) is 1. The molecular weight excluding hydrogens is 256 g/mol. The number of hydrogen-bond acceptors (Lipinski definition) is 5. The minimum atomic E-state index is -0.0377. The van der Waals surface area contributed by atoms with Crippen LogP contribution in [0.15, 0.2) is 30.6 Å². The van der Waals surface area contributed by atoms with Crippen LogP contribution in [0.4, 0.5) is 11.5 Å². The first-order valence-electron chi connectivity index (χ1n) is 5.95. The third-order valence-corrected chi connectivity index (χ3v) is 2.57. The highest BCUT2D eigenvalue weighted by molar-refractivity contribution is 5.75. The average Bonchev–Trinajstić information content (AvgIpc) is 2.86. The van der Waals surface area contributed by atoms with E-state index in [9.17, 15) is 4.79 Å². The number of anilines is 2. The van der Waals surface area contributed by atoms with E-state index in [0.717, 1.165) is 0 Å². The number of pyridine rings is 1. The molecule has 102 valence electrons. The van der Waals surface area contributed by atoms with Crippen molar-refractivity contribution < 1.29 is 4.79 Å². The molecule has 0 unspecified atom stereocenters. The Hall–Kier alpha value is -2.88. The highest BCUT2D eigenvalue weighted by Crippen LogP contribution is 2.13. The first-order valence-corrected chi connectivity index (χ1v) is 5.95. The van der Waals surface area contributed by atoms with Crippen LogP contribution in [0, 0.1) is 11.3 Å². The lowest BCUT2D eigenvalue weighted by atomic mass is 10.3. The molecule has 20 heavy (non-hydrogen) atoms. The molecule has 2 aromatic heterocycles. The van der Waals surface area contributed by atoms with E-state index in [2.05, 4.69) is 15.4 Å². The van der Waals surface area contributed by atoms with Crippen LogP contribution in [0.25, 0.3) is 0 Å². The van der Waals surface area contributed by atoms with Gasteiger partial charge in [0.2, 0.25) is 5.91 Å². The fraction of sp³-hybridized carbons (Fsp3) is 0.231. The van der Waals surface area contributed by atoms with E-state index in [1.54, 1.807) is 49.4 Å². The standard InChI is InChI=1S/C13H14N6O/c1-18(2)13(20)9-19-8-11(7-15-19)17-12-5-3-4-10(6-14)16-12/h3-5,7-8H,9H2,1-2H3,(H,16,17). The van der Waals surface area contributed by atoms with E-state index in [4.69, 9.17) is 5.26 Å². The van der Waals surface area contributed by atoms with Gasteiger partial charge in [-0.3, -0.25) is 9.48 Å². The molecule has 0 aliphatic carbocycles. The molecule has 0 aliphatic heterocycles. The van der Waals surface area contributed by atoms with Crippen molar-refractivity contribution in [2.45, 2.75) is 6.54 Å². The molecule has 0 atom stereocenters. The van der Waals surface area contributed by atoms with E-state index < -0.39 is 0 Å². The molecule has 0 fully saturated rings. The Balaban J connectivity index is 2.06. The summed E-state index contributed by atoms with van der Waals surface area (Å²) in [4.78, 5) is 17.2. The number of carbonyl (C=O) groups is 1. The van der Waals surface area contributed by atoms with Gasteiger partial charge in [-0.05, 0) is 12.1 Å². The molecule has 0 spiro atoms. The van der Waals surface area contributed by atoms with Gasteiger partial charge in [-0.1, -0.05) is 6.07 Å². The predicted octanol–water partition coefficient (Wildman–Crippen LogP) is 0.982. The molecular formula is C13H14N6O. The van der Waals surface area contributed by atoms with E-state index >= 15 is 0 Å². The molecule has 7 heteroatoms. The fourth-order valence-electron chi connectivity index (χ4n) is 1.51. The number of likely N-dealkylation sites (N-methyl/N-ethyl adjacent to an activating group) is 1. The molecule has 0 aromatic carbocycles. The second-order valence-electron chi connectivity index (χ2n) is 4.36. The molecule has 2 heterocycles. The summed E-state index contributed by atoms with van der Waals surface area (Å²) in [6, 6.07) is 7.10. The lowest BCUT2D eigenvalue weighted by molar-refractivity contribution is -0.129. The highest BCUT2D eigenvalue weighted by Gasteiger charge is 2.07. The van der Waals surface area contributed by atoms with Gasteiger partial charge in [0.1, 0.15) is 24.1 Å². The van der Waals surface area contributed by atoms with Crippen molar-refractivity contribution in [3.05, 3.63) is 36.3 Å². The largest absolute Gasteiger partial charge is 0.347 e. The minimum Gasteiger partial charge on any atom is -0.347 e. The lowest BCUT2D eigenvalue weighted by Gasteiger charge is -2.09. The minimum absolute atomic E-state index is 0.0377. The van der Waals surface area contributed by atoms with Crippen molar-refractivity contribution in [3.8, 4) is 6.07 Å². The molecule has 2 aromatic rings. The lowest BCUT2D eigenvalue weighted by Crippen LogP contribution is -2.26. The zero-order valence-electron chi connectivity index (χ0n) is 11.2. The van der Waals surface area contributed by atoms with Gasteiger partial charge in [0.05, 0.1) is 11.9 Å². The second kappa shape index (κ2) is 5.84. The third-order valence-electron chi connectivity index (χ3n) is 2.57. The van der Waals surface area contributed by atoms with Crippen LogP contribution < -0.4 is 5.32 Å². The van der Waals surface area contributed by atoms with Gasteiger partial charge < -0.3 is 10.2 Å². The van der Waals surface area contributed by atoms with Gasteiger partial charge in [0.25, 0.3) is 0 Å². The van der Waals surface area contributed by atoms with Gasteiger partial charge >= 0.3 is 0 Å².